The van der Waals surface area contributed by atoms with Gasteiger partial charge < -0.3 is 0 Å². The molecule has 8 amide bonds. The number of amides is 8. The zero-order chi connectivity index (χ0) is 24.9. The van der Waals surface area contributed by atoms with Crippen LogP contribution in [-0.4, -0.2) is 73.4 Å². The predicted octanol–water partition coefficient (Wildman–Crippen LogP) is 2.12. The van der Waals surface area contributed by atoms with E-state index in [9.17, 15) is 28.8 Å². The van der Waals surface area contributed by atoms with Crippen LogP contribution in [0.15, 0.2) is 23.3 Å². The summed E-state index contributed by atoms with van der Waals surface area (Å²) in [6, 6.07) is -1.44. The van der Waals surface area contributed by atoms with Crippen molar-refractivity contribution in [3.8, 4) is 0 Å². The maximum atomic E-state index is 12.0. The Morgan fingerprint density at radius 1 is 0.600 bits per heavy atom. The van der Waals surface area contributed by atoms with E-state index in [0.717, 1.165) is 62.5 Å². The summed E-state index contributed by atoms with van der Waals surface area (Å²) in [6.07, 6.45) is 12.2. The number of barbiturate groups is 2. The number of rotatable bonds is 4. The van der Waals surface area contributed by atoms with Crippen molar-refractivity contribution in [2.45, 2.75) is 78.1 Å². The zero-order valence-corrected chi connectivity index (χ0v) is 22.6. The maximum absolute atomic E-state index is 12.0. The molecular formula is C24H32CaN4O6. The summed E-state index contributed by atoms with van der Waals surface area (Å²) in [5.74, 6) is -1.94. The molecule has 2 saturated heterocycles. The van der Waals surface area contributed by atoms with E-state index in [4.69, 9.17) is 0 Å². The second-order valence-corrected chi connectivity index (χ2v) is 8.94. The molecule has 0 unspecified atom stereocenters. The fourth-order valence-electron chi connectivity index (χ4n) is 5.24. The van der Waals surface area contributed by atoms with Crippen LogP contribution >= 0.6 is 0 Å². The minimum Gasteiger partial charge on any atom is -0.277 e. The summed E-state index contributed by atoms with van der Waals surface area (Å²) in [7, 11) is 0. The van der Waals surface area contributed by atoms with Crippen LogP contribution in [-0.2, 0) is 19.2 Å². The average Bonchev–Trinajstić information content (AvgIpc) is 2.81. The molecule has 0 aromatic carbocycles. The van der Waals surface area contributed by atoms with Gasteiger partial charge in [0, 0.05) is 37.7 Å². The monoisotopic (exact) mass is 512 g/mol. The number of carbonyl (C=O) groups excluding carboxylic acids is 6. The van der Waals surface area contributed by atoms with Crippen molar-refractivity contribution >= 4 is 73.4 Å². The zero-order valence-electron chi connectivity index (χ0n) is 20.4. The van der Waals surface area contributed by atoms with Gasteiger partial charge in [-0.2, -0.15) is 0 Å². The van der Waals surface area contributed by atoms with Gasteiger partial charge in [-0.25, -0.2) is 9.59 Å². The minimum absolute atomic E-state index is 0. The largest absolute Gasteiger partial charge is 0.328 e. The molecule has 2 aliphatic carbocycles. The van der Waals surface area contributed by atoms with E-state index in [1.165, 1.54) is 0 Å². The normalized spacial score (nSPS) is 23.1. The Labute approximate surface area is 234 Å². The van der Waals surface area contributed by atoms with Gasteiger partial charge in [0.1, 0.15) is 10.8 Å². The van der Waals surface area contributed by atoms with Gasteiger partial charge in [-0.15, -0.1) is 0 Å². The summed E-state index contributed by atoms with van der Waals surface area (Å²) < 4.78 is 0. The Bertz CT molecular complexity index is 868. The van der Waals surface area contributed by atoms with Crippen molar-refractivity contribution in [2.75, 3.05) is 0 Å². The molecule has 2 fully saturated rings. The first-order chi connectivity index (χ1) is 16.2. The second-order valence-electron chi connectivity index (χ2n) is 8.94. The third-order valence-corrected chi connectivity index (χ3v) is 7.20. The fourth-order valence-corrected chi connectivity index (χ4v) is 5.24. The first-order valence-electron chi connectivity index (χ1n) is 11.9. The van der Waals surface area contributed by atoms with Crippen LogP contribution in [0.1, 0.15) is 78.1 Å². The number of hydrogen-bond donors (Lipinski definition) is 4. The van der Waals surface area contributed by atoms with Crippen molar-refractivity contribution in [1.82, 2.24) is 21.3 Å². The Balaban J connectivity index is 0.000000240. The standard InChI is InChI=1S/2C12H16N2O3.Ca/c2*1-2-12(8-6-4-3-5-7-8)9(15)13-11(17)14-10(12)16;/h2*6H,2-5,7H2,1H3,(H2,13,14,15,16,17);. The molecule has 4 rings (SSSR count). The molecule has 0 atom stereocenters. The van der Waals surface area contributed by atoms with Gasteiger partial charge in [-0.05, 0) is 75.4 Å². The van der Waals surface area contributed by atoms with Gasteiger partial charge in [-0.1, -0.05) is 26.0 Å². The Hall–Kier alpha value is -2.04. The van der Waals surface area contributed by atoms with Crippen LogP contribution in [0.4, 0.5) is 9.59 Å². The quantitative estimate of drug-likeness (QED) is 0.257. The number of imide groups is 4. The Kier molecular flexibility index (Phi) is 10.2. The van der Waals surface area contributed by atoms with Crippen molar-refractivity contribution in [3.63, 3.8) is 0 Å². The van der Waals surface area contributed by atoms with Crippen molar-refractivity contribution in [1.29, 1.82) is 0 Å². The van der Waals surface area contributed by atoms with Gasteiger partial charge in [0.25, 0.3) is 0 Å². The molecule has 2 aliphatic heterocycles. The van der Waals surface area contributed by atoms with Crippen LogP contribution < -0.4 is 21.3 Å². The number of nitrogens with one attached hydrogen (secondary N) is 4. The second kappa shape index (κ2) is 12.3. The molecule has 0 saturated carbocycles. The van der Waals surface area contributed by atoms with Crippen LogP contribution in [0, 0.1) is 10.8 Å². The molecule has 10 nitrogen and oxygen atoms in total. The molecule has 4 aliphatic rings. The van der Waals surface area contributed by atoms with Gasteiger partial charge in [-0.3, -0.25) is 40.4 Å². The molecule has 0 spiro atoms. The van der Waals surface area contributed by atoms with Crippen LogP contribution in [0.3, 0.4) is 0 Å². The summed E-state index contributed by atoms with van der Waals surface area (Å²) in [5, 5.41) is 8.79. The summed E-state index contributed by atoms with van der Waals surface area (Å²) in [4.78, 5) is 70.3. The topological polar surface area (TPSA) is 151 Å². The van der Waals surface area contributed by atoms with Crippen molar-refractivity contribution in [3.05, 3.63) is 23.3 Å². The number of carbonyl (C=O) groups is 6. The summed E-state index contributed by atoms with van der Waals surface area (Å²) in [6.45, 7) is 3.59. The summed E-state index contributed by atoms with van der Waals surface area (Å²) in [5.41, 5.74) is -0.634. The Morgan fingerprint density at radius 3 is 1.14 bits per heavy atom. The molecule has 35 heavy (non-hydrogen) atoms. The van der Waals surface area contributed by atoms with Gasteiger partial charge >= 0.3 is 12.1 Å². The van der Waals surface area contributed by atoms with Crippen LogP contribution in [0.25, 0.3) is 0 Å². The molecule has 186 valence electrons. The molecule has 11 heteroatoms. The van der Waals surface area contributed by atoms with Crippen molar-refractivity contribution in [2.24, 2.45) is 10.8 Å². The van der Waals surface area contributed by atoms with E-state index < -0.39 is 46.5 Å². The molecule has 2 radical (unpaired) electrons. The van der Waals surface area contributed by atoms with Crippen LogP contribution in [0.2, 0.25) is 0 Å². The molecule has 0 aromatic rings. The van der Waals surface area contributed by atoms with E-state index in [1.807, 2.05) is 12.2 Å². The number of urea groups is 2. The Morgan fingerprint density at radius 2 is 0.914 bits per heavy atom. The van der Waals surface area contributed by atoms with E-state index in [1.54, 1.807) is 13.8 Å². The molecule has 0 bridgehead atoms. The third-order valence-electron chi connectivity index (χ3n) is 7.20. The molecule has 0 aromatic heterocycles. The van der Waals surface area contributed by atoms with Crippen molar-refractivity contribution < 1.29 is 28.8 Å². The minimum atomic E-state index is -1.17. The van der Waals surface area contributed by atoms with E-state index in [2.05, 4.69) is 21.3 Å². The maximum Gasteiger partial charge on any atom is 0.328 e. The predicted molar refractivity (Wildman–Crippen MR) is 128 cm³/mol. The van der Waals surface area contributed by atoms with Crippen LogP contribution in [0.5, 0.6) is 0 Å². The average molecular weight is 513 g/mol. The van der Waals surface area contributed by atoms with E-state index in [0.29, 0.717) is 12.8 Å². The SMILES string of the molecule is CCC1(C2=CCCCC2)C(=O)NC(=O)NC1=O.CCC1(C2=CCCCC2)C(=O)NC(=O)NC1=O.[Ca]. The molecular weight excluding hydrogens is 480 g/mol. The first-order valence-corrected chi connectivity index (χ1v) is 11.9. The third kappa shape index (κ3) is 5.54. The summed E-state index contributed by atoms with van der Waals surface area (Å²) >= 11 is 0. The van der Waals surface area contributed by atoms with E-state index in [-0.39, 0.29) is 37.7 Å². The molecule has 4 N–H and O–H groups in total. The van der Waals surface area contributed by atoms with Gasteiger partial charge in [0.15, 0.2) is 0 Å². The van der Waals surface area contributed by atoms with Gasteiger partial charge in [0.05, 0.1) is 0 Å². The van der Waals surface area contributed by atoms with E-state index >= 15 is 0 Å². The smallest absolute Gasteiger partial charge is 0.277 e. The molecule has 2 heterocycles. The van der Waals surface area contributed by atoms with Gasteiger partial charge in [0.2, 0.25) is 23.6 Å². The number of hydrogen-bond acceptors (Lipinski definition) is 6. The number of allylic oxidation sites excluding steroid dienone is 2. The first kappa shape index (κ1) is 29.2. The fraction of sp³-hybridized carbons (Fsp3) is 0.583.